The Morgan fingerprint density at radius 1 is 1.50 bits per heavy atom. The van der Waals surface area contributed by atoms with Gasteiger partial charge in [-0.15, -0.1) is 0 Å². The number of rotatable bonds is 4. The van der Waals surface area contributed by atoms with Crippen LogP contribution >= 0.6 is 0 Å². The molecule has 1 aromatic heterocycles. The lowest BCUT2D eigenvalue weighted by atomic mass is 9.96. The molecule has 1 aromatic carbocycles. The number of fused-ring (bicyclic) bond motifs is 1. The Morgan fingerprint density at radius 3 is 3.09 bits per heavy atom. The summed E-state index contributed by atoms with van der Waals surface area (Å²) in [4.78, 5) is 12.0. The molecule has 7 nitrogen and oxygen atoms in total. The Bertz CT molecular complexity index is 683. The first-order valence-corrected chi connectivity index (χ1v) is 7.12. The standard InChI is InChI=1S/C15H18N4O3/c1-9-14(18-19-17-9)15(20)16-7-10-5-11-3-4-12(21-2)6-13(11)22-8-10/h3-4,6,10H,5,7-8H2,1-2H3,(H,16,20)(H,17,18,19)/t10-/m1/s1. The van der Waals surface area contributed by atoms with E-state index < -0.39 is 0 Å². The molecule has 1 aliphatic heterocycles. The van der Waals surface area contributed by atoms with Crippen LogP contribution in [0.5, 0.6) is 11.5 Å². The van der Waals surface area contributed by atoms with Crippen molar-refractivity contribution in [2.24, 2.45) is 5.92 Å². The SMILES string of the molecule is COc1ccc2c(c1)OC[C@@H](CNC(=O)c1n[nH]nc1C)C2. The fourth-order valence-electron chi connectivity index (χ4n) is 2.49. The molecule has 0 saturated heterocycles. The van der Waals surface area contributed by atoms with E-state index in [0.717, 1.165) is 23.5 Å². The number of carbonyl (C=O) groups is 1. The van der Waals surface area contributed by atoms with Gasteiger partial charge in [-0.05, 0) is 25.0 Å². The summed E-state index contributed by atoms with van der Waals surface area (Å²) < 4.78 is 10.9. The van der Waals surface area contributed by atoms with Gasteiger partial charge in [-0.3, -0.25) is 4.79 Å². The second-order valence-corrected chi connectivity index (χ2v) is 5.32. The molecule has 2 heterocycles. The van der Waals surface area contributed by atoms with Gasteiger partial charge in [0.25, 0.3) is 5.91 Å². The molecule has 0 saturated carbocycles. The molecular weight excluding hydrogens is 284 g/mol. The number of hydrogen-bond acceptors (Lipinski definition) is 5. The number of carbonyl (C=O) groups excluding carboxylic acids is 1. The zero-order valence-corrected chi connectivity index (χ0v) is 12.5. The number of aryl methyl sites for hydroxylation is 1. The zero-order valence-electron chi connectivity index (χ0n) is 12.5. The van der Waals surface area contributed by atoms with Crippen LogP contribution in [0.3, 0.4) is 0 Å². The van der Waals surface area contributed by atoms with E-state index in [4.69, 9.17) is 9.47 Å². The third-order valence-corrected chi connectivity index (χ3v) is 3.75. The lowest BCUT2D eigenvalue weighted by Crippen LogP contribution is -2.35. The summed E-state index contributed by atoms with van der Waals surface area (Å²) in [6, 6.07) is 5.81. The summed E-state index contributed by atoms with van der Waals surface area (Å²) >= 11 is 0. The van der Waals surface area contributed by atoms with Crippen LogP contribution in [-0.2, 0) is 6.42 Å². The van der Waals surface area contributed by atoms with Crippen molar-refractivity contribution in [1.29, 1.82) is 0 Å². The zero-order chi connectivity index (χ0) is 15.5. The van der Waals surface area contributed by atoms with Crippen molar-refractivity contribution in [3.05, 3.63) is 35.2 Å². The first-order chi connectivity index (χ1) is 10.7. The number of aromatic amines is 1. The van der Waals surface area contributed by atoms with Crippen molar-refractivity contribution < 1.29 is 14.3 Å². The molecule has 1 aliphatic rings. The summed E-state index contributed by atoms with van der Waals surface area (Å²) in [5.41, 5.74) is 2.06. The Morgan fingerprint density at radius 2 is 2.36 bits per heavy atom. The van der Waals surface area contributed by atoms with Gasteiger partial charge >= 0.3 is 0 Å². The lowest BCUT2D eigenvalue weighted by Gasteiger charge is -2.25. The molecule has 0 spiro atoms. The Labute approximate surface area is 128 Å². The average Bonchev–Trinajstić information content (AvgIpc) is 2.98. The van der Waals surface area contributed by atoms with E-state index in [-0.39, 0.29) is 11.8 Å². The number of ether oxygens (including phenoxy) is 2. The number of aromatic nitrogens is 3. The normalized spacial score (nSPS) is 16.5. The molecular formula is C15H18N4O3. The molecule has 0 bridgehead atoms. The minimum absolute atomic E-state index is 0.216. The molecule has 22 heavy (non-hydrogen) atoms. The summed E-state index contributed by atoms with van der Waals surface area (Å²) in [5, 5.41) is 13.0. The van der Waals surface area contributed by atoms with Crippen LogP contribution in [0.1, 0.15) is 21.7 Å². The van der Waals surface area contributed by atoms with E-state index in [2.05, 4.69) is 20.7 Å². The van der Waals surface area contributed by atoms with Gasteiger partial charge in [0.15, 0.2) is 5.69 Å². The monoisotopic (exact) mass is 302 g/mol. The molecule has 116 valence electrons. The van der Waals surface area contributed by atoms with Crippen LogP contribution in [-0.4, -0.2) is 41.6 Å². The smallest absolute Gasteiger partial charge is 0.273 e. The molecule has 1 amide bonds. The van der Waals surface area contributed by atoms with Crippen LogP contribution in [0.25, 0.3) is 0 Å². The van der Waals surface area contributed by atoms with Gasteiger partial charge in [0.05, 0.1) is 19.4 Å². The maximum absolute atomic E-state index is 12.0. The second-order valence-electron chi connectivity index (χ2n) is 5.32. The van der Waals surface area contributed by atoms with Gasteiger partial charge in [-0.2, -0.15) is 15.4 Å². The minimum Gasteiger partial charge on any atom is -0.497 e. The van der Waals surface area contributed by atoms with Crippen molar-refractivity contribution in [2.45, 2.75) is 13.3 Å². The summed E-state index contributed by atoms with van der Waals surface area (Å²) in [6.07, 6.45) is 0.859. The lowest BCUT2D eigenvalue weighted by molar-refractivity contribution is 0.0933. The third-order valence-electron chi connectivity index (χ3n) is 3.75. The molecule has 0 fully saturated rings. The number of methoxy groups -OCH3 is 1. The van der Waals surface area contributed by atoms with E-state index in [0.29, 0.717) is 24.5 Å². The van der Waals surface area contributed by atoms with Crippen LogP contribution in [0.2, 0.25) is 0 Å². The highest BCUT2D eigenvalue weighted by Crippen LogP contribution is 2.30. The van der Waals surface area contributed by atoms with E-state index >= 15 is 0 Å². The highest BCUT2D eigenvalue weighted by Gasteiger charge is 2.22. The summed E-state index contributed by atoms with van der Waals surface area (Å²) in [5.74, 6) is 1.66. The summed E-state index contributed by atoms with van der Waals surface area (Å²) in [6.45, 7) is 2.85. The number of nitrogens with one attached hydrogen (secondary N) is 2. The molecule has 0 unspecified atom stereocenters. The van der Waals surface area contributed by atoms with Crippen LogP contribution < -0.4 is 14.8 Å². The van der Waals surface area contributed by atoms with Crippen LogP contribution in [0.15, 0.2) is 18.2 Å². The number of benzene rings is 1. The van der Waals surface area contributed by atoms with Crippen LogP contribution in [0.4, 0.5) is 0 Å². The van der Waals surface area contributed by atoms with E-state index in [1.54, 1.807) is 14.0 Å². The van der Waals surface area contributed by atoms with Gasteiger partial charge in [-0.1, -0.05) is 6.07 Å². The Balaban J connectivity index is 1.59. The average molecular weight is 302 g/mol. The fraction of sp³-hybridized carbons (Fsp3) is 0.400. The van der Waals surface area contributed by atoms with Crippen molar-refractivity contribution in [1.82, 2.24) is 20.7 Å². The minimum atomic E-state index is -0.216. The molecule has 2 N–H and O–H groups in total. The maximum Gasteiger partial charge on any atom is 0.273 e. The Kier molecular flexibility index (Phi) is 3.95. The van der Waals surface area contributed by atoms with Gasteiger partial charge in [0.2, 0.25) is 0 Å². The molecule has 0 aliphatic carbocycles. The Hall–Kier alpha value is -2.57. The predicted molar refractivity (Wildman–Crippen MR) is 79.1 cm³/mol. The van der Waals surface area contributed by atoms with E-state index in [1.165, 1.54) is 0 Å². The predicted octanol–water partition coefficient (Wildman–Crippen LogP) is 1.10. The number of hydrogen-bond donors (Lipinski definition) is 2. The van der Waals surface area contributed by atoms with Crippen molar-refractivity contribution >= 4 is 5.91 Å². The van der Waals surface area contributed by atoms with Gasteiger partial charge < -0.3 is 14.8 Å². The highest BCUT2D eigenvalue weighted by molar-refractivity contribution is 5.93. The third kappa shape index (κ3) is 2.88. The molecule has 7 heteroatoms. The number of amides is 1. The molecule has 0 radical (unpaired) electrons. The van der Waals surface area contributed by atoms with Gasteiger partial charge in [-0.25, -0.2) is 0 Å². The first kappa shape index (κ1) is 14.4. The second kappa shape index (κ2) is 6.05. The fourth-order valence-corrected chi connectivity index (χ4v) is 2.49. The van der Waals surface area contributed by atoms with Gasteiger partial charge in [0, 0.05) is 18.5 Å². The molecule has 1 atom stereocenters. The van der Waals surface area contributed by atoms with Crippen molar-refractivity contribution in [3.8, 4) is 11.5 Å². The number of H-pyrrole nitrogens is 1. The van der Waals surface area contributed by atoms with Crippen LogP contribution in [0, 0.1) is 12.8 Å². The summed E-state index contributed by atoms with van der Waals surface area (Å²) in [7, 11) is 1.63. The topological polar surface area (TPSA) is 89.1 Å². The number of nitrogens with zero attached hydrogens (tertiary/aromatic N) is 2. The molecule has 2 aromatic rings. The quantitative estimate of drug-likeness (QED) is 0.883. The van der Waals surface area contributed by atoms with E-state index in [9.17, 15) is 4.79 Å². The largest absolute Gasteiger partial charge is 0.497 e. The highest BCUT2D eigenvalue weighted by atomic mass is 16.5. The van der Waals surface area contributed by atoms with Crippen molar-refractivity contribution in [2.75, 3.05) is 20.3 Å². The van der Waals surface area contributed by atoms with E-state index in [1.807, 2.05) is 18.2 Å². The van der Waals surface area contributed by atoms with Crippen molar-refractivity contribution in [3.63, 3.8) is 0 Å². The maximum atomic E-state index is 12.0. The molecule has 3 rings (SSSR count). The van der Waals surface area contributed by atoms with Gasteiger partial charge in [0.1, 0.15) is 11.5 Å². The first-order valence-electron chi connectivity index (χ1n) is 7.12.